The van der Waals surface area contributed by atoms with Gasteiger partial charge < -0.3 is 20.4 Å². The van der Waals surface area contributed by atoms with Crippen LogP contribution < -0.4 is 10.6 Å². The van der Waals surface area contributed by atoms with Crippen molar-refractivity contribution >= 4 is 81.4 Å². The van der Waals surface area contributed by atoms with Gasteiger partial charge in [-0.3, -0.25) is 19.2 Å². The van der Waals surface area contributed by atoms with E-state index in [1.807, 2.05) is 70.5 Å². The highest BCUT2D eigenvalue weighted by molar-refractivity contribution is 6.32. The first-order chi connectivity index (χ1) is 27.0. The van der Waals surface area contributed by atoms with E-state index in [0.29, 0.717) is 82.1 Å². The van der Waals surface area contributed by atoms with Crippen LogP contribution in [-0.4, -0.2) is 46.5 Å². The zero-order valence-corrected chi connectivity index (χ0v) is 33.5. The maximum absolute atomic E-state index is 13.6. The Kier molecular flexibility index (Phi) is 9.63. The Balaban J connectivity index is 0.000000146. The highest BCUT2D eigenvalue weighted by atomic mass is 35.5. The van der Waals surface area contributed by atoms with Gasteiger partial charge in [0.25, 0.3) is 11.8 Å². The van der Waals surface area contributed by atoms with Crippen molar-refractivity contribution in [2.75, 3.05) is 23.7 Å². The number of likely N-dealkylation sites (tertiary alicyclic amines) is 2. The van der Waals surface area contributed by atoms with Crippen LogP contribution in [0.5, 0.6) is 0 Å². The van der Waals surface area contributed by atoms with Gasteiger partial charge in [-0.15, -0.1) is 0 Å². The second-order valence-corrected chi connectivity index (χ2v) is 17.8. The fourth-order valence-electron chi connectivity index (χ4n) is 9.68. The van der Waals surface area contributed by atoms with Crippen LogP contribution in [0.2, 0.25) is 20.1 Å². The Bertz CT molecular complexity index is 2140. The Morgan fingerprint density at radius 2 is 0.911 bits per heavy atom. The van der Waals surface area contributed by atoms with Crippen molar-refractivity contribution in [2.24, 2.45) is 11.8 Å². The van der Waals surface area contributed by atoms with Crippen molar-refractivity contribution in [3.05, 3.63) is 127 Å². The molecule has 0 bridgehead atoms. The van der Waals surface area contributed by atoms with E-state index in [1.165, 1.54) is 0 Å². The first-order valence-electron chi connectivity index (χ1n) is 19.3. The van der Waals surface area contributed by atoms with Crippen molar-refractivity contribution in [3.63, 3.8) is 0 Å². The van der Waals surface area contributed by atoms with Crippen molar-refractivity contribution in [1.82, 2.24) is 9.80 Å². The van der Waals surface area contributed by atoms with Gasteiger partial charge in [0, 0.05) is 80.4 Å². The van der Waals surface area contributed by atoms with E-state index < -0.39 is 11.1 Å². The van der Waals surface area contributed by atoms with E-state index in [-0.39, 0.29) is 35.5 Å². The minimum Gasteiger partial charge on any atom is -0.323 e. The Morgan fingerprint density at radius 1 is 0.518 bits per heavy atom. The molecule has 4 aromatic carbocycles. The number of piperidine rings is 2. The quantitative estimate of drug-likeness (QED) is 0.202. The standard InChI is InChI=1S/2C22H20Cl2N2O2/c2*23-15-3-1-2-14(10-15)17-8-9-20(27)26(12-13-4-5-13)22(17)18-7-6-16(24)11-19(18)25-21(22)28/h2*1-3,6-7,10-11,13,17H,4-5,8-9,12H2,(H,25,28)/t2*17-,22+/m10/s1. The average molecular weight is 831 g/mol. The fraction of sp³-hybridized carbons (Fsp3) is 0.364. The van der Waals surface area contributed by atoms with Gasteiger partial charge in [-0.2, -0.15) is 0 Å². The van der Waals surface area contributed by atoms with Crippen molar-refractivity contribution < 1.29 is 19.2 Å². The van der Waals surface area contributed by atoms with Gasteiger partial charge in [0.15, 0.2) is 11.1 Å². The molecule has 12 heteroatoms. The molecule has 4 heterocycles. The molecule has 4 atom stereocenters. The number of halogens is 4. The summed E-state index contributed by atoms with van der Waals surface area (Å²) in [4.78, 5) is 57.0. The second-order valence-electron chi connectivity index (χ2n) is 16.0. The summed E-state index contributed by atoms with van der Waals surface area (Å²) in [5.41, 5.74) is 2.92. The molecule has 4 aliphatic heterocycles. The molecule has 4 amide bonds. The van der Waals surface area contributed by atoms with Crippen LogP contribution in [0, 0.1) is 11.8 Å². The number of hydrogen-bond donors (Lipinski definition) is 2. The number of benzene rings is 4. The van der Waals surface area contributed by atoms with E-state index in [2.05, 4.69) is 10.6 Å². The number of carbonyl (C=O) groups is 4. The van der Waals surface area contributed by atoms with Crippen LogP contribution in [0.25, 0.3) is 0 Å². The maximum atomic E-state index is 13.6. The molecule has 0 radical (unpaired) electrons. The molecule has 2 saturated carbocycles. The van der Waals surface area contributed by atoms with Gasteiger partial charge in [0.05, 0.1) is 0 Å². The lowest BCUT2D eigenvalue weighted by Gasteiger charge is -2.48. The van der Waals surface area contributed by atoms with E-state index in [9.17, 15) is 19.2 Å². The first kappa shape index (κ1) is 37.5. The number of rotatable bonds is 6. The average Bonchev–Trinajstić information content (AvgIpc) is 4.11. The molecule has 8 nitrogen and oxygen atoms in total. The smallest absolute Gasteiger partial charge is 0.255 e. The van der Waals surface area contributed by atoms with Gasteiger partial charge in [-0.05, 0) is 110 Å². The zero-order chi connectivity index (χ0) is 38.9. The highest BCUT2D eigenvalue weighted by Crippen LogP contribution is 2.57. The van der Waals surface area contributed by atoms with Gasteiger partial charge in [0.2, 0.25) is 11.8 Å². The summed E-state index contributed by atoms with van der Waals surface area (Å²) in [6, 6.07) is 26.2. The summed E-state index contributed by atoms with van der Waals surface area (Å²) in [6.45, 7) is 1.23. The Labute approximate surface area is 345 Å². The third-order valence-electron chi connectivity index (χ3n) is 12.5. The topological polar surface area (TPSA) is 98.8 Å². The number of fused-ring (bicyclic) bond motifs is 4. The number of nitrogens with zero attached hydrogens (tertiary/aromatic N) is 2. The predicted octanol–water partition coefficient (Wildman–Crippen LogP) is 9.91. The molecular weight excluding hydrogens is 790 g/mol. The number of amides is 4. The van der Waals surface area contributed by atoms with Crippen LogP contribution in [0.4, 0.5) is 11.4 Å². The molecule has 4 fully saturated rings. The molecule has 6 aliphatic rings. The van der Waals surface area contributed by atoms with Crippen LogP contribution in [0.15, 0.2) is 84.9 Å². The summed E-state index contributed by atoms with van der Waals surface area (Å²) in [5.74, 6) is 0.416. The Morgan fingerprint density at radius 3 is 1.29 bits per heavy atom. The molecule has 2 N–H and O–H groups in total. The molecular formula is C44H40Cl4N4O4. The normalized spacial score (nSPS) is 26.5. The first-order valence-corrected chi connectivity index (χ1v) is 20.9. The minimum absolute atomic E-state index is 0.0446. The lowest BCUT2D eigenvalue weighted by Crippen LogP contribution is -2.60. The summed E-state index contributed by atoms with van der Waals surface area (Å²) < 4.78 is 0. The van der Waals surface area contributed by atoms with Gasteiger partial charge in [-0.25, -0.2) is 0 Å². The van der Waals surface area contributed by atoms with E-state index in [0.717, 1.165) is 47.9 Å². The predicted molar refractivity (Wildman–Crippen MR) is 219 cm³/mol. The number of nitrogens with one attached hydrogen (secondary N) is 2. The maximum Gasteiger partial charge on any atom is 0.255 e. The number of hydrogen-bond acceptors (Lipinski definition) is 4. The largest absolute Gasteiger partial charge is 0.323 e. The van der Waals surface area contributed by atoms with Crippen LogP contribution in [0.3, 0.4) is 0 Å². The minimum atomic E-state index is -1.05. The van der Waals surface area contributed by atoms with E-state index in [1.54, 1.807) is 24.3 Å². The SMILES string of the molecule is O=C1CC[C@@H](c2cccc(Cl)c2)[C@@]2(C(=O)Nc3cc(Cl)ccc32)N1CC1CC1.O=C1CC[C@H](c2cccc(Cl)c2)[C@]2(C(=O)Nc3cc(Cl)ccc32)N1CC1CC1. The molecule has 0 aromatic heterocycles. The molecule has 2 saturated heterocycles. The van der Waals surface area contributed by atoms with Crippen LogP contribution >= 0.6 is 46.4 Å². The molecule has 2 aliphatic carbocycles. The fourth-order valence-corrected chi connectivity index (χ4v) is 10.4. The zero-order valence-electron chi connectivity index (χ0n) is 30.5. The third kappa shape index (κ3) is 6.28. The summed E-state index contributed by atoms with van der Waals surface area (Å²) in [5, 5.41) is 8.40. The molecule has 56 heavy (non-hydrogen) atoms. The second kappa shape index (κ2) is 14.4. The summed E-state index contributed by atoms with van der Waals surface area (Å²) >= 11 is 24.9. The summed E-state index contributed by atoms with van der Waals surface area (Å²) in [7, 11) is 0. The number of carbonyl (C=O) groups excluding carboxylic acids is 4. The van der Waals surface area contributed by atoms with Crippen molar-refractivity contribution in [3.8, 4) is 0 Å². The molecule has 0 unspecified atom stereocenters. The summed E-state index contributed by atoms with van der Waals surface area (Å²) in [6.07, 6.45) is 6.51. The lowest BCUT2D eigenvalue weighted by atomic mass is 9.69. The van der Waals surface area contributed by atoms with Gasteiger partial charge in [-0.1, -0.05) is 82.8 Å². The monoisotopic (exact) mass is 828 g/mol. The third-order valence-corrected chi connectivity index (χ3v) is 13.4. The van der Waals surface area contributed by atoms with E-state index in [4.69, 9.17) is 46.4 Å². The molecule has 288 valence electrons. The van der Waals surface area contributed by atoms with Crippen LogP contribution in [-0.2, 0) is 30.3 Å². The van der Waals surface area contributed by atoms with Crippen molar-refractivity contribution in [1.29, 1.82) is 0 Å². The highest BCUT2D eigenvalue weighted by Gasteiger charge is 2.62. The Hall–Kier alpha value is -4.08. The van der Waals surface area contributed by atoms with Crippen LogP contribution in [0.1, 0.15) is 85.5 Å². The van der Waals surface area contributed by atoms with Gasteiger partial charge in [0.1, 0.15) is 0 Å². The molecule has 2 spiro atoms. The van der Waals surface area contributed by atoms with Gasteiger partial charge >= 0.3 is 0 Å². The van der Waals surface area contributed by atoms with E-state index >= 15 is 0 Å². The van der Waals surface area contributed by atoms with Crippen molar-refractivity contribution in [2.45, 2.75) is 74.3 Å². The molecule has 10 rings (SSSR count). The molecule has 4 aromatic rings. The number of anilines is 2. The lowest BCUT2D eigenvalue weighted by molar-refractivity contribution is -0.152.